The smallest absolute Gasteiger partial charge is 0.319 e. The van der Waals surface area contributed by atoms with Crippen LogP contribution in [0.5, 0.6) is 0 Å². The van der Waals surface area contributed by atoms with Gasteiger partial charge in [-0.25, -0.2) is 9.18 Å². The van der Waals surface area contributed by atoms with Crippen molar-refractivity contribution >= 4 is 34.9 Å². The Hall–Kier alpha value is -2.60. The molecule has 1 heterocycles. The van der Waals surface area contributed by atoms with Crippen LogP contribution in [0.1, 0.15) is 6.42 Å². The van der Waals surface area contributed by atoms with Crippen LogP contribution in [0.3, 0.4) is 0 Å². The van der Waals surface area contributed by atoms with Gasteiger partial charge in [-0.15, -0.1) is 0 Å². The maximum Gasteiger partial charge on any atom is 0.319 e. The molecule has 1 aliphatic heterocycles. The van der Waals surface area contributed by atoms with Gasteiger partial charge in [0.1, 0.15) is 5.82 Å². The van der Waals surface area contributed by atoms with Crippen molar-refractivity contribution in [2.24, 2.45) is 5.92 Å². The number of nitrogens with zero attached hydrogens (tertiary/aromatic N) is 1. The van der Waals surface area contributed by atoms with Crippen LogP contribution >= 0.6 is 11.6 Å². The van der Waals surface area contributed by atoms with Gasteiger partial charge in [-0.05, 0) is 48.5 Å². The number of hydrogen-bond donors (Lipinski definition) is 2. The van der Waals surface area contributed by atoms with E-state index in [9.17, 15) is 14.0 Å². The summed E-state index contributed by atoms with van der Waals surface area (Å²) in [5.41, 5.74) is 1.30. The second-order valence-electron chi connectivity index (χ2n) is 5.89. The third-order valence-corrected chi connectivity index (χ3v) is 4.25. The van der Waals surface area contributed by atoms with Gasteiger partial charge in [0.05, 0.1) is 0 Å². The Morgan fingerprint density at radius 1 is 1.16 bits per heavy atom. The minimum absolute atomic E-state index is 0.0214. The molecule has 0 saturated carbocycles. The zero-order valence-electron chi connectivity index (χ0n) is 13.3. The molecule has 2 aromatic carbocycles. The van der Waals surface area contributed by atoms with Gasteiger partial charge in [-0.1, -0.05) is 11.6 Å². The maximum atomic E-state index is 12.8. The van der Waals surface area contributed by atoms with E-state index in [0.717, 1.165) is 5.69 Å². The minimum Gasteiger partial charge on any atom is -0.338 e. The number of anilines is 2. The molecule has 1 unspecified atom stereocenters. The van der Waals surface area contributed by atoms with E-state index < -0.39 is 0 Å². The third kappa shape index (κ3) is 4.48. The summed E-state index contributed by atoms with van der Waals surface area (Å²) >= 11 is 5.86. The average Bonchev–Trinajstić information content (AvgIpc) is 2.97. The second-order valence-corrected chi connectivity index (χ2v) is 6.33. The number of nitrogens with one attached hydrogen (secondary N) is 2. The molecule has 1 saturated heterocycles. The van der Waals surface area contributed by atoms with Crippen molar-refractivity contribution in [1.82, 2.24) is 5.32 Å². The molecule has 0 bridgehead atoms. The molecule has 0 radical (unpaired) electrons. The lowest BCUT2D eigenvalue weighted by molar-refractivity contribution is -0.117. The van der Waals surface area contributed by atoms with Crippen molar-refractivity contribution in [1.29, 1.82) is 0 Å². The maximum absolute atomic E-state index is 12.8. The molecule has 0 aliphatic carbocycles. The lowest BCUT2D eigenvalue weighted by atomic mass is 10.1. The highest BCUT2D eigenvalue weighted by Crippen LogP contribution is 2.25. The lowest BCUT2D eigenvalue weighted by Crippen LogP contribution is -2.34. The molecule has 7 heteroatoms. The highest BCUT2D eigenvalue weighted by Gasteiger charge is 2.30. The SMILES string of the molecule is O=C(NCC1CC(=O)N(c2ccc(Cl)cc2)C1)Nc1ccc(F)cc1. The van der Waals surface area contributed by atoms with E-state index in [2.05, 4.69) is 10.6 Å². The Labute approximate surface area is 149 Å². The number of amides is 3. The molecule has 3 rings (SSSR count). The van der Waals surface area contributed by atoms with Gasteiger partial charge >= 0.3 is 6.03 Å². The van der Waals surface area contributed by atoms with Crippen molar-refractivity contribution in [2.45, 2.75) is 6.42 Å². The Morgan fingerprint density at radius 2 is 1.84 bits per heavy atom. The molecule has 3 amide bonds. The van der Waals surface area contributed by atoms with E-state index in [-0.39, 0.29) is 23.7 Å². The zero-order valence-corrected chi connectivity index (χ0v) is 14.1. The van der Waals surface area contributed by atoms with Gasteiger partial charge in [-0.2, -0.15) is 0 Å². The van der Waals surface area contributed by atoms with Crippen LogP contribution in [0.2, 0.25) is 5.02 Å². The average molecular weight is 362 g/mol. The van der Waals surface area contributed by atoms with Gasteiger partial charge in [0.2, 0.25) is 5.91 Å². The highest BCUT2D eigenvalue weighted by molar-refractivity contribution is 6.30. The number of carbonyl (C=O) groups excluding carboxylic acids is 2. The second kappa shape index (κ2) is 7.53. The van der Waals surface area contributed by atoms with Crippen molar-refractivity contribution in [3.63, 3.8) is 0 Å². The van der Waals surface area contributed by atoms with Crippen LogP contribution in [-0.2, 0) is 4.79 Å². The summed E-state index contributed by atoms with van der Waals surface area (Å²) in [6.07, 6.45) is 0.374. The third-order valence-electron chi connectivity index (χ3n) is 4.00. The Kier molecular flexibility index (Phi) is 5.19. The predicted octanol–water partition coefficient (Wildman–Crippen LogP) is 3.65. The molecule has 0 spiro atoms. The van der Waals surface area contributed by atoms with E-state index in [1.807, 2.05) is 0 Å². The first kappa shape index (κ1) is 17.2. The van der Waals surface area contributed by atoms with Crippen LogP contribution in [0.15, 0.2) is 48.5 Å². The van der Waals surface area contributed by atoms with Crippen molar-refractivity contribution in [2.75, 3.05) is 23.3 Å². The fourth-order valence-corrected chi connectivity index (χ4v) is 2.86. The number of halogens is 2. The molecule has 1 atom stereocenters. The normalized spacial score (nSPS) is 16.8. The standard InChI is InChI=1S/C18H17ClFN3O2/c19-13-1-7-16(8-2-13)23-11-12(9-17(23)24)10-21-18(25)22-15-5-3-14(20)4-6-15/h1-8,12H,9-11H2,(H2,21,22,25). The van der Waals surface area contributed by atoms with E-state index in [4.69, 9.17) is 11.6 Å². The van der Waals surface area contributed by atoms with Crippen molar-refractivity contribution in [3.05, 3.63) is 59.4 Å². The Bertz CT molecular complexity index is 765. The first-order valence-corrected chi connectivity index (χ1v) is 8.25. The molecule has 1 fully saturated rings. The first-order valence-electron chi connectivity index (χ1n) is 7.87. The van der Waals surface area contributed by atoms with Crippen LogP contribution in [0, 0.1) is 11.7 Å². The summed E-state index contributed by atoms with van der Waals surface area (Å²) in [4.78, 5) is 25.8. The van der Waals surface area contributed by atoms with Crippen LogP contribution in [0.4, 0.5) is 20.6 Å². The summed E-state index contributed by atoms with van der Waals surface area (Å²) in [6.45, 7) is 0.917. The molecule has 25 heavy (non-hydrogen) atoms. The number of rotatable bonds is 4. The van der Waals surface area contributed by atoms with Gasteiger partial charge < -0.3 is 15.5 Å². The fourth-order valence-electron chi connectivity index (χ4n) is 2.73. The largest absolute Gasteiger partial charge is 0.338 e. The van der Waals surface area contributed by atoms with Gasteiger partial charge in [0, 0.05) is 41.8 Å². The topological polar surface area (TPSA) is 61.4 Å². The molecule has 2 aromatic rings. The summed E-state index contributed by atoms with van der Waals surface area (Å²) < 4.78 is 12.8. The molecule has 0 aromatic heterocycles. The minimum atomic E-state index is -0.385. The van der Waals surface area contributed by atoms with Crippen molar-refractivity contribution in [3.8, 4) is 0 Å². The van der Waals surface area contributed by atoms with E-state index >= 15 is 0 Å². The summed E-state index contributed by atoms with van der Waals surface area (Å²) in [7, 11) is 0. The molecule has 1 aliphatic rings. The molecular formula is C18H17ClFN3O2. The van der Waals surface area contributed by atoms with Crippen LogP contribution in [-0.4, -0.2) is 25.0 Å². The number of carbonyl (C=O) groups is 2. The monoisotopic (exact) mass is 361 g/mol. The number of benzene rings is 2. The van der Waals surface area contributed by atoms with E-state index in [1.54, 1.807) is 29.2 Å². The quantitative estimate of drug-likeness (QED) is 0.873. The lowest BCUT2D eigenvalue weighted by Gasteiger charge is -2.17. The first-order chi connectivity index (χ1) is 12.0. The Balaban J connectivity index is 1.50. The van der Waals surface area contributed by atoms with Gasteiger partial charge in [0.15, 0.2) is 0 Å². The fraction of sp³-hybridized carbons (Fsp3) is 0.222. The van der Waals surface area contributed by atoms with Gasteiger partial charge in [-0.3, -0.25) is 4.79 Å². The predicted molar refractivity (Wildman–Crippen MR) is 95.3 cm³/mol. The highest BCUT2D eigenvalue weighted by atomic mass is 35.5. The van der Waals surface area contributed by atoms with Gasteiger partial charge in [0.25, 0.3) is 0 Å². The molecule has 2 N–H and O–H groups in total. The number of hydrogen-bond acceptors (Lipinski definition) is 2. The molecule has 130 valence electrons. The van der Waals surface area contributed by atoms with Crippen molar-refractivity contribution < 1.29 is 14.0 Å². The molecule has 5 nitrogen and oxygen atoms in total. The summed E-state index contributed by atoms with van der Waals surface area (Å²) in [5, 5.41) is 5.99. The number of urea groups is 1. The Morgan fingerprint density at radius 3 is 2.52 bits per heavy atom. The van der Waals surface area contributed by atoms with Crippen LogP contribution in [0.25, 0.3) is 0 Å². The van der Waals surface area contributed by atoms with Crippen LogP contribution < -0.4 is 15.5 Å². The molecular weight excluding hydrogens is 345 g/mol. The summed E-state index contributed by atoms with van der Waals surface area (Å²) in [5.74, 6) is -0.312. The summed E-state index contributed by atoms with van der Waals surface area (Å²) in [6, 6.07) is 12.2. The zero-order chi connectivity index (χ0) is 17.8. The van der Waals surface area contributed by atoms with E-state index in [1.165, 1.54) is 24.3 Å². The van der Waals surface area contributed by atoms with E-state index in [0.29, 0.717) is 30.2 Å².